The van der Waals surface area contributed by atoms with Crippen molar-refractivity contribution in [2.45, 2.75) is 33.3 Å². The second kappa shape index (κ2) is 7.74. The molecule has 4 heteroatoms. The highest BCUT2D eigenvalue weighted by atomic mass is 16.5. The van der Waals surface area contributed by atoms with E-state index in [2.05, 4.69) is 53.4 Å². The van der Waals surface area contributed by atoms with E-state index in [1.165, 1.54) is 5.56 Å². The number of anilines is 1. The molecule has 1 aromatic heterocycles. The third kappa shape index (κ3) is 4.26. The summed E-state index contributed by atoms with van der Waals surface area (Å²) in [5.74, 6) is 1.56. The van der Waals surface area contributed by atoms with Crippen LogP contribution in [0, 0.1) is 0 Å². The number of aromatic nitrogens is 2. The summed E-state index contributed by atoms with van der Waals surface area (Å²) >= 11 is 0. The number of benzene rings is 1. The van der Waals surface area contributed by atoms with Gasteiger partial charge in [0.2, 0.25) is 0 Å². The topological polar surface area (TPSA) is 47.0 Å². The molecule has 0 bridgehead atoms. The lowest BCUT2D eigenvalue weighted by Crippen LogP contribution is -2.06. The van der Waals surface area contributed by atoms with Gasteiger partial charge < -0.3 is 10.1 Å². The molecule has 21 heavy (non-hydrogen) atoms. The normalized spacial score (nSPS) is 10.6. The van der Waals surface area contributed by atoms with Gasteiger partial charge in [-0.15, -0.1) is 0 Å². The third-order valence-corrected chi connectivity index (χ3v) is 3.26. The number of ether oxygens (including phenoxy) is 1. The number of hydrogen-bond acceptors (Lipinski definition) is 4. The molecule has 0 saturated carbocycles. The lowest BCUT2D eigenvalue weighted by Gasteiger charge is -2.10. The maximum absolute atomic E-state index is 5.16. The van der Waals surface area contributed by atoms with Crippen LogP contribution in [0.5, 0.6) is 0 Å². The Morgan fingerprint density at radius 2 is 1.86 bits per heavy atom. The Hall–Kier alpha value is -1.94. The van der Waals surface area contributed by atoms with E-state index >= 15 is 0 Å². The van der Waals surface area contributed by atoms with E-state index in [0.29, 0.717) is 12.4 Å². The lowest BCUT2D eigenvalue weighted by atomic mass is 10.1. The Labute approximate surface area is 126 Å². The van der Waals surface area contributed by atoms with Crippen molar-refractivity contribution in [2.75, 3.05) is 19.0 Å². The molecule has 0 atom stereocenters. The third-order valence-electron chi connectivity index (χ3n) is 3.26. The van der Waals surface area contributed by atoms with Crippen LogP contribution in [0.25, 0.3) is 11.3 Å². The first-order chi connectivity index (χ1) is 10.3. The van der Waals surface area contributed by atoms with Gasteiger partial charge in [0.05, 0.1) is 5.69 Å². The first-order valence-electron chi connectivity index (χ1n) is 7.46. The SMILES string of the molecule is CCCNc1cc(-c2ccc(CC)cc2)nc(COC)n1. The van der Waals surface area contributed by atoms with Gasteiger partial charge in [-0.3, -0.25) is 0 Å². The summed E-state index contributed by atoms with van der Waals surface area (Å²) in [4.78, 5) is 9.05. The summed E-state index contributed by atoms with van der Waals surface area (Å²) in [6.45, 7) is 5.61. The fraction of sp³-hybridized carbons (Fsp3) is 0.412. The Balaban J connectivity index is 2.32. The van der Waals surface area contributed by atoms with E-state index < -0.39 is 0 Å². The number of hydrogen-bond donors (Lipinski definition) is 1. The molecule has 0 unspecified atom stereocenters. The molecule has 4 nitrogen and oxygen atoms in total. The summed E-state index contributed by atoms with van der Waals surface area (Å²) in [6, 6.07) is 10.5. The zero-order valence-corrected chi connectivity index (χ0v) is 13.0. The molecule has 1 heterocycles. The summed E-state index contributed by atoms with van der Waals surface area (Å²) in [6.07, 6.45) is 2.10. The molecule has 2 aromatic rings. The van der Waals surface area contributed by atoms with E-state index in [1.807, 2.05) is 6.07 Å². The largest absolute Gasteiger partial charge is 0.377 e. The lowest BCUT2D eigenvalue weighted by molar-refractivity contribution is 0.178. The first kappa shape index (κ1) is 15.4. The van der Waals surface area contributed by atoms with Gasteiger partial charge in [-0.25, -0.2) is 9.97 Å². The van der Waals surface area contributed by atoms with Gasteiger partial charge in [0.15, 0.2) is 5.82 Å². The van der Waals surface area contributed by atoms with Crippen LogP contribution in [-0.4, -0.2) is 23.6 Å². The molecular weight excluding hydrogens is 262 g/mol. The van der Waals surface area contributed by atoms with Crippen LogP contribution >= 0.6 is 0 Å². The molecule has 0 aliphatic rings. The van der Waals surface area contributed by atoms with Crippen molar-refractivity contribution < 1.29 is 4.74 Å². The minimum absolute atomic E-state index is 0.418. The molecule has 1 N–H and O–H groups in total. The van der Waals surface area contributed by atoms with Gasteiger partial charge >= 0.3 is 0 Å². The van der Waals surface area contributed by atoms with E-state index in [9.17, 15) is 0 Å². The zero-order valence-electron chi connectivity index (χ0n) is 13.0. The predicted molar refractivity (Wildman–Crippen MR) is 86.3 cm³/mol. The molecule has 0 fully saturated rings. The summed E-state index contributed by atoms with van der Waals surface area (Å²) in [5, 5.41) is 3.32. The highest BCUT2D eigenvalue weighted by Crippen LogP contribution is 2.21. The predicted octanol–water partition coefficient (Wildman–Crippen LogP) is 3.67. The minimum Gasteiger partial charge on any atom is -0.377 e. The molecule has 0 amide bonds. The van der Waals surface area contributed by atoms with Crippen molar-refractivity contribution >= 4 is 5.82 Å². The number of nitrogens with zero attached hydrogens (tertiary/aromatic N) is 2. The molecule has 1 aromatic carbocycles. The van der Waals surface area contributed by atoms with E-state index in [4.69, 9.17) is 4.74 Å². The molecular formula is C17H23N3O. The zero-order chi connectivity index (χ0) is 15.1. The second-order valence-electron chi connectivity index (χ2n) is 4.96. The fourth-order valence-electron chi connectivity index (χ4n) is 2.09. The van der Waals surface area contributed by atoms with Gasteiger partial charge in [0.1, 0.15) is 12.4 Å². The standard InChI is InChI=1S/C17H23N3O/c1-4-10-18-16-11-15(19-17(20-16)12-21-3)14-8-6-13(5-2)7-9-14/h6-9,11H,4-5,10,12H2,1-3H3,(H,18,19,20). The summed E-state index contributed by atoms with van der Waals surface area (Å²) in [5.41, 5.74) is 3.36. The van der Waals surface area contributed by atoms with Crippen LogP contribution in [0.2, 0.25) is 0 Å². The molecule has 0 aliphatic carbocycles. The number of aryl methyl sites for hydroxylation is 1. The van der Waals surface area contributed by atoms with Gasteiger partial charge in [0, 0.05) is 25.3 Å². The second-order valence-corrected chi connectivity index (χ2v) is 4.96. The Morgan fingerprint density at radius 1 is 1.10 bits per heavy atom. The van der Waals surface area contributed by atoms with Crippen molar-refractivity contribution in [2.24, 2.45) is 0 Å². The highest BCUT2D eigenvalue weighted by molar-refractivity contribution is 5.62. The molecule has 0 aliphatic heterocycles. The van der Waals surface area contributed by atoms with Crippen LogP contribution in [0.1, 0.15) is 31.7 Å². The first-order valence-corrected chi connectivity index (χ1v) is 7.46. The van der Waals surface area contributed by atoms with Crippen LogP contribution < -0.4 is 5.32 Å². The monoisotopic (exact) mass is 285 g/mol. The van der Waals surface area contributed by atoms with E-state index in [0.717, 1.165) is 36.5 Å². The fourth-order valence-corrected chi connectivity index (χ4v) is 2.09. The molecule has 0 radical (unpaired) electrons. The van der Waals surface area contributed by atoms with Crippen LogP contribution in [-0.2, 0) is 17.8 Å². The Morgan fingerprint density at radius 3 is 2.48 bits per heavy atom. The molecule has 0 saturated heterocycles. The van der Waals surface area contributed by atoms with Crippen molar-refractivity contribution in [1.29, 1.82) is 0 Å². The number of methoxy groups -OCH3 is 1. The highest BCUT2D eigenvalue weighted by Gasteiger charge is 2.06. The maximum Gasteiger partial charge on any atom is 0.157 e. The van der Waals surface area contributed by atoms with Crippen molar-refractivity contribution in [3.05, 3.63) is 41.7 Å². The maximum atomic E-state index is 5.16. The van der Waals surface area contributed by atoms with Crippen LogP contribution in [0.15, 0.2) is 30.3 Å². The van der Waals surface area contributed by atoms with Gasteiger partial charge in [-0.1, -0.05) is 38.1 Å². The minimum atomic E-state index is 0.418. The van der Waals surface area contributed by atoms with E-state index in [-0.39, 0.29) is 0 Å². The average molecular weight is 285 g/mol. The number of nitrogens with one attached hydrogen (secondary N) is 1. The number of rotatable bonds is 7. The Bertz CT molecular complexity index is 567. The van der Waals surface area contributed by atoms with Gasteiger partial charge in [-0.2, -0.15) is 0 Å². The van der Waals surface area contributed by atoms with Crippen molar-refractivity contribution in [3.8, 4) is 11.3 Å². The van der Waals surface area contributed by atoms with Crippen LogP contribution in [0.4, 0.5) is 5.82 Å². The molecule has 2 rings (SSSR count). The van der Waals surface area contributed by atoms with Gasteiger partial charge in [-0.05, 0) is 18.4 Å². The van der Waals surface area contributed by atoms with E-state index in [1.54, 1.807) is 7.11 Å². The average Bonchev–Trinajstić information content (AvgIpc) is 2.53. The quantitative estimate of drug-likeness (QED) is 0.843. The Kier molecular flexibility index (Phi) is 5.69. The van der Waals surface area contributed by atoms with Crippen LogP contribution in [0.3, 0.4) is 0 Å². The van der Waals surface area contributed by atoms with Gasteiger partial charge in [0.25, 0.3) is 0 Å². The summed E-state index contributed by atoms with van der Waals surface area (Å²) in [7, 11) is 1.66. The molecule has 0 spiro atoms. The van der Waals surface area contributed by atoms with Crippen molar-refractivity contribution in [3.63, 3.8) is 0 Å². The van der Waals surface area contributed by atoms with Crippen molar-refractivity contribution in [1.82, 2.24) is 9.97 Å². The smallest absolute Gasteiger partial charge is 0.157 e. The molecule has 112 valence electrons. The summed E-state index contributed by atoms with van der Waals surface area (Å²) < 4.78 is 5.16.